The Kier molecular flexibility index (Phi) is 4.98. The summed E-state index contributed by atoms with van der Waals surface area (Å²) in [6.07, 6.45) is 10.6. The normalized spacial score (nSPS) is 42.7. The molecule has 6 atom stereocenters. The summed E-state index contributed by atoms with van der Waals surface area (Å²) in [5.41, 5.74) is 0.538. The Balaban J connectivity index is 1.75. The third kappa shape index (κ3) is 3.16. The van der Waals surface area contributed by atoms with E-state index in [2.05, 4.69) is 57.1 Å². The molecular formula is C23H43N3. The fourth-order valence-electron chi connectivity index (χ4n) is 7.24. The van der Waals surface area contributed by atoms with Crippen molar-refractivity contribution in [2.75, 3.05) is 6.54 Å². The van der Waals surface area contributed by atoms with Crippen molar-refractivity contribution in [2.24, 2.45) is 23.2 Å². The van der Waals surface area contributed by atoms with Crippen LogP contribution in [0.3, 0.4) is 0 Å². The van der Waals surface area contributed by atoms with Gasteiger partial charge in [-0.05, 0) is 57.4 Å². The van der Waals surface area contributed by atoms with E-state index >= 15 is 0 Å². The summed E-state index contributed by atoms with van der Waals surface area (Å²) in [4.78, 5) is 2.93. The molecule has 2 N–H and O–H groups in total. The topological polar surface area (TPSA) is 27.3 Å². The van der Waals surface area contributed by atoms with E-state index in [1.165, 1.54) is 51.5 Å². The van der Waals surface area contributed by atoms with Crippen molar-refractivity contribution in [1.29, 1.82) is 0 Å². The molecule has 4 rings (SSSR count). The van der Waals surface area contributed by atoms with Crippen molar-refractivity contribution in [1.82, 2.24) is 15.5 Å². The summed E-state index contributed by atoms with van der Waals surface area (Å²) in [7, 11) is 0. The van der Waals surface area contributed by atoms with Gasteiger partial charge >= 0.3 is 0 Å². The van der Waals surface area contributed by atoms with Crippen molar-refractivity contribution in [3.8, 4) is 0 Å². The van der Waals surface area contributed by atoms with Gasteiger partial charge < -0.3 is 5.32 Å². The van der Waals surface area contributed by atoms with E-state index in [1.807, 2.05) is 0 Å². The van der Waals surface area contributed by atoms with Gasteiger partial charge in [0.05, 0.1) is 6.17 Å². The van der Waals surface area contributed by atoms with Gasteiger partial charge in [0.25, 0.3) is 0 Å². The average molecular weight is 362 g/mol. The minimum atomic E-state index is 0.213. The lowest BCUT2D eigenvalue weighted by Gasteiger charge is -2.49. The first kappa shape index (κ1) is 19.2. The minimum Gasteiger partial charge on any atom is -0.312 e. The Morgan fingerprint density at radius 2 is 1.50 bits per heavy atom. The van der Waals surface area contributed by atoms with Gasteiger partial charge in [-0.25, -0.2) is 0 Å². The lowest BCUT2D eigenvalue weighted by atomic mass is 9.65. The highest BCUT2D eigenvalue weighted by atomic mass is 15.4. The summed E-state index contributed by atoms with van der Waals surface area (Å²) in [5, 5.41) is 8.12. The molecule has 0 aromatic heterocycles. The quantitative estimate of drug-likeness (QED) is 0.726. The van der Waals surface area contributed by atoms with Crippen LogP contribution in [0.4, 0.5) is 0 Å². The molecule has 26 heavy (non-hydrogen) atoms. The standard InChI is InChI=1S/C23H43N3/c1-22(2,3)20-17(15-11-8-7-9-12-15)18-19-16(13-10-14-24-19)25-21(18)26(20)23(4,5)6/h15-21,24-25H,7-14H2,1-6H3. The van der Waals surface area contributed by atoms with Crippen LogP contribution in [0.5, 0.6) is 0 Å². The second-order valence-electron chi connectivity index (χ2n) is 11.8. The van der Waals surface area contributed by atoms with Crippen molar-refractivity contribution < 1.29 is 0 Å². The first-order valence-corrected chi connectivity index (χ1v) is 11.5. The Hall–Kier alpha value is -0.120. The monoisotopic (exact) mass is 361 g/mol. The van der Waals surface area contributed by atoms with E-state index in [4.69, 9.17) is 0 Å². The highest BCUT2D eigenvalue weighted by Crippen LogP contribution is 2.55. The molecular weight excluding hydrogens is 318 g/mol. The van der Waals surface area contributed by atoms with E-state index in [0.717, 1.165) is 17.8 Å². The van der Waals surface area contributed by atoms with Crippen LogP contribution < -0.4 is 10.6 Å². The molecule has 3 heterocycles. The number of rotatable bonds is 1. The predicted molar refractivity (Wildman–Crippen MR) is 110 cm³/mol. The highest BCUT2D eigenvalue weighted by molar-refractivity contribution is 5.17. The molecule has 1 aliphatic carbocycles. The number of fused-ring (bicyclic) bond motifs is 3. The van der Waals surface area contributed by atoms with Crippen LogP contribution in [-0.4, -0.2) is 41.3 Å². The molecule has 6 unspecified atom stereocenters. The summed E-state index contributed by atoms with van der Waals surface area (Å²) >= 11 is 0. The van der Waals surface area contributed by atoms with Gasteiger partial charge in [-0.2, -0.15) is 0 Å². The van der Waals surface area contributed by atoms with Crippen molar-refractivity contribution >= 4 is 0 Å². The zero-order valence-electron chi connectivity index (χ0n) is 18.1. The average Bonchev–Trinajstić information content (AvgIpc) is 3.08. The third-order valence-electron chi connectivity index (χ3n) is 7.93. The first-order valence-electron chi connectivity index (χ1n) is 11.5. The van der Waals surface area contributed by atoms with Crippen molar-refractivity contribution in [3.05, 3.63) is 0 Å². The van der Waals surface area contributed by atoms with Crippen LogP contribution >= 0.6 is 0 Å². The Morgan fingerprint density at radius 3 is 2.12 bits per heavy atom. The van der Waals surface area contributed by atoms with E-state index in [0.29, 0.717) is 29.7 Å². The van der Waals surface area contributed by atoms with Gasteiger partial charge in [-0.1, -0.05) is 52.9 Å². The second-order valence-corrected chi connectivity index (χ2v) is 11.8. The van der Waals surface area contributed by atoms with Crippen LogP contribution in [0.15, 0.2) is 0 Å². The molecule has 0 spiro atoms. The molecule has 0 amide bonds. The van der Waals surface area contributed by atoms with Gasteiger partial charge in [0.1, 0.15) is 0 Å². The van der Waals surface area contributed by atoms with Gasteiger partial charge in [0, 0.05) is 29.6 Å². The molecule has 0 aromatic rings. The number of nitrogens with zero attached hydrogens (tertiary/aromatic N) is 1. The molecule has 4 fully saturated rings. The van der Waals surface area contributed by atoms with Crippen LogP contribution in [0.1, 0.15) is 86.5 Å². The SMILES string of the molecule is CC(C)(C)C1C(C2CCCCC2)C2C3NCCCC3NC2N1C(C)(C)C. The molecule has 150 valence electrons. The number of likely N-dealkylation sites (tertiary alicyclic amines) is 1. The number of hydrogen-bond acceptors (Lipinski definition) is 3. The Morgan fingerprint density at radius 1 is 0.808 bits per heavy atom. The lowest BCUT2D eigenvalue weighted by molar-refractivity contribution is -0.00982. The number of hydrogen-bond donors (Lipinski definition) is 2. The fourth-order valence-corrected chi connectivity index (χ4v) is 7.24. The highest BCUT2D eigenvalue weighted by Gasteiger charge is 2.63. The summed E-state index contributed by atoms with van der Waals surface area (Å²) in [6, 6.07) is 2.06. The lowest BCUT2D eigenvalue weighted by Crippen LogP contribution is -2.59. The third-order valence-corrected chi connectivity index (χ3v) is 7.93. The van der Waals surface area contributed by atoms with E-state index in [1.54, 1.807) is 0 Å². The van der Waals surface area contributed by atoms with Gasteiger partial charge in [-0.3, -0.25) is 10.2 Å². The molecule has 3 nitrogen and oxygen atoms in total. The summed E-state index contributed by atoms with van der Waals surface area (Å²) in [5.74, 6) is 2.55. The zero-order chi connectivity index (χ0) is 18.7. The number of nitrogens with one attached hydrogen (secondary N) is 2. The maximum Gasteiger partial charge on any atom is 0.0655 e. The number of piperidine rings is 1. The molecule has 4 aliphatic rings. The first-order chi connectivity index (χ1) is 12.2. The van der Waals surface area contributed by atoms with Crippen LogP contribution in [0.25, 0.3) is 0 Å². The maximum absolute atomic E-state index is 4.15. The molecule has 3 aliphatic heterocycles. The zero-order valence-corrected chi connectivity index (χ0v) is 18.1. The van der Waals surface area contributed by atoms with Crippen molar-refractivity contribution in [3.63, 3.8) is 0 Å². The second kappa shape index (κ2) is 6.74. The van der Waals surface area contributed by atoms with Gasteiger partial charge in [-0.15, -0.1) is 0 Å². The molecule has 3 heteroatoms. The van der Waals surface area contributed by atoms with Gasteiger partial charge in [0.2, 0.25) is 0 Å². The smallest absolute Gasteiger partial charge is 0.0655 e. The van der Waals surface area contributed by atoms with Crippen LogP contribution in [0, 0.1) is 23.2 Å². The fraction of sp³-hybridized carbons (Fsp3) is 1.00. The Bertz CT molecular complexity index is 497. The van der Waals surface area contributed by atoms with Crippen molar-refractivity contribution in [2.45, 2.75) is 116 Å². The summed E-state index contributed by atoms with van der Waals surface area (Å²) in [6.45, 7) is 16.1. The molecule has 1 saturated carbocycles. The maximum atomic E-state index is 4.15. The van der Waals surface area contributed by atoms with Crippen LogP contribution in [0.2, 0.25) is 0 Å². The largest absolute Gasteiger partial charge is 0.312 e. The minimum absolute atomic E-state index is 0.213. The molecule has 0 aromatic carbocycles. The summed E-state index contributed by atoms with van der Waals surface area (Å²) < 4.78 is 0. The van der Waals surface area contributed by atoms with E-state index in [-0.39, 0.29) is 5.54 Å². The Labute approximate surface area is 162 Å². The molecule has 0 bridgehead atoms. The molecule has 0 radical (unpaired) electrons. The van der Waals surface area contributed by atoms with E-state index < -0.39 is 0 Å². The van der Waals surface area contributed by atoms with E-state index in [9.17, 15) is 0 Å². The van der Waals surface area contributed by atoms with Crippen LogP contribution in [-0.2, 0) is 0 Å². The van der Waals surface area contributed by atoms with Gasteiger partial charge in [0.15, 0.2) is 0 Å². The predicted octanol–water partition coefficient (Wildman–Crippen LogP) is 4.38. The molecule has 3 saturated heterocycles.